The zero-order chi connectivity index (χ0) is 23.8. The number of sulfonamides is 1. The van der Waals surface area contributed by atoms with Crippen LogP contribution in [0.1, 0.15) is 43.2 Å². The number of hydrogen-bond donors (Lipinski definition) is 1. The third-order valence-electron chi connectivity index (χ3n) is 5.38. The first-order chi connectivity index (χ1) is 15.8. The van der Waals surface area contributed by atoms with E-state index in [2.05, 4.69) is 9.98 Å². The number of nitrogens with zero attached hydrogens (tertiary/aromatic N) is 2. The van der Waals surface area contributed by atoms with E-state index >= 15 is 0 Å². The molecule has 1 aliphatic rings. The van der Waals surface area contributed by atoms with Crippen molar-refractivity contribution in [1.29, 1.82) is 0 Å². The molecule has 0 saturated heterocycles. The maximum atomic E-state index is 12.5. The Hall–Kier alpha value is 0.493. The Balaban J connectivity index is 0.00000306. The van der Waals surface area contributed by atoms with Crippen LogP contribution in [0.25, 0.3) is 0 Å². The molecule has 12 heteroatoms. The molecule has 1 N–H and O–H groups in total. The summed E-state index contributed by atoms with van der Waals surface area (Å²) >= 11 is 5.95. The average Bonchev–Trinajstić information content (AvgIpc) is 2.79. The fourth-order valence-electron chi connectivity index (χ4n) is 3.63. The van der Waals surface area contributed by atoms with E-state index in [-0.39, 0.29) is 126 Å². The minimum absolute atomic E-state index is 0. The SMILES string of the molecule is COc1ccc(Cl)cc1C([O-])=NCCc1ccc(S(=O)(=O)NC([O-])=NC2CCCCC2)cc1.[K+].[K+]. The van der Waals surface area contributed by atoms with Gasteiger partial charge in [0.1, 0.15) is 5.75 Å². The monoisotopic (exact) mass is 569 g/mol. The number of hydrogen-bond acceptors (Lipinski definition) is 7. The Morgan fingerprint density at radius 2 is 1.74 bits per heavy atom. The van der Waals surface area contributed by atoms with Crippen molar-refractivity contribution in [3.8, 4) is 5.75 Å². The van der Waals surface area contributed by atoms with E-state index in [1.807, 2.05) is 4.72 Å². The van der Waals surface area contributed by atoms with E-state index in [4.69, 9.17) is 16.3 Å². The minimum Gasteiger partial charge on any atom is -0.858 e. The standard InChI is InChI=1S/C23H28ClN3O5S.2K/c1-32-21-12-9-17(24)15-20(21)22(28)25-14-13-16-7-10-19(11-8-16)33(30,31)27-23(29)26-18-5-3-2-4-6-18;;/h7-12,15,18H,2-6,13-14H2,1H3,(H,25,28)(H2,26,27,29);;/q;2*+1/p-2. The van der Waals surface area contributed by atoms with Crippen molar-refractivity contribution in [2.45, 2.75) is 49.5 Å². The molecule has 0 aromatic heterocycles. The quantitative estimate of drug-likeness (QED) is 0.197. The fraction of sp³-hybridized carbons (Fsp3) is 0.391. The van der Waals surface area contributed by atoms with E-state index in [1.54, 1.807) is 24.3 Å². The Morgan fingerprint density at radius 1 is 1.09 bits per heavy atom. The summed E-state index contributed by atoms with van der Waals surface area (Å²) in [6.07, 6.45) is 5.16. The maximum absolute atomic E-state index is 12.5. The molecular formula is C23H26ClK2N3O5S. The molecule has 0 unspecified atom stereocenters. The number of amidine groups is 1. The first kappa shape index (κ1) is 33.5. The molecule has 0 bridgehead atoms. The number of aliphatic imine (C=N–C) groups is 2. The summed E-state index contributed by atoms with van der Waals surface area (Å²) in [5.74, 6) is -0.0574. The molecule has 2 aromatic carbocycles. The van der Waals surface area contributed by atoms with Crippen LogP contribution in [0.2, 0.25) is 5.02 Å². The summed E-state index contributed by atoms with van der Waals surface area (Å²) in [4.78, 5) is 7.98. The summed E-state index contributed by atoms with van der Waals surface area (Å²) in [5, 5.41) is 24.8. The molecule has 8 nitrogen and oxygen atoms in total. The zero-order valence-electron chi connectivity index (χ0n) is 20.3. The Bertz CT molecular complexity index is 1120. The van der Waals surface area contributed by atoms with Crippen LogP contribution in [0.15, 0.2) is 57.3 Å². The maximum Gasteiger partial charge on any atom is 1.00 e. The van der Waals surface area contributed by atoms with Crippen LogP contribution in [0, 0.1) is 0 Å². The van der Waals surface area contributed by atoms with Gasteiger partial charge in [0.2, 0.25) is 0 Å². The van der Waals surface area contributed by atoms with E-state index in [0.29, 0.717) is 17.2 Å². The molecule has 2 aromatic rings. The summed E-state index contributed by atoms with van der Waals surface area (Å²) in [6.45, 7) is 0.206. The van der Waals surface area contributed by atoms with E-state index in [0.717, 1.165) is 37.7 Å². The molecule has 0 atom stereocenters. The Kier molecular flexibility index (Phi) is 15.8. The minimum atomic E-state index is -4.01. The van der Waals surface area contributed by atoms with Gasteiger partial charge in [0.05, 0.1) is 24.1 Å². The fourth-order valence-corrected chi connectivity index (χ4v) is 4.70. The average molecular weight is 570 g/mol. The first-order valence-electron chi connectivity index (χ1n) is 10.7. The number of ether oxygens (including phenoxy) is 1. The Labute approximate surface area is 296 Å². The summed E-state index contributed by atoms with van der Waals surface area (Å²) < 4.78 is 32.1. The zero-order valence-corrected chi connectivity index (χ0v) is 28.1. The molecule has 0 spiro atoms. The first-order valence-corrected chi connectivity index (χ1v) is 12.6. The van der Waals surface area contributed by atoms with Crippen LogP contribution in [-0.4, -0.2) is 40.0 Å². The second-order valence-electron chi connectivity index (χ2n) is 7.76. The normalized spacial score (nSPS) is 15.0. The van der Waals surface area contributed by atoms with Gasteiger partial charge in [-0.25, -0.2) is 8.42 Å². The number of methoxy groups -OCH3 is 1. The van der Waals surface area contributed by atoms with Crippen molar-refractivity contribution >= 4 is 33.5 Å². The predicted octanol–water partition coefficient (Wildman–Crippen LogP) is -3.97. The van der Waals surface area contributed by atoms with Gasteiger partial charge in [-0.3, -0.25) is 9.71 Å². The molecular weight excluding hydrogens is 544 g/mol. The molecule has 0 heterocycles. The molecule has 178 valence electrons. The van der Waals surface area contributed by atoms with Crippen molar-refractivity contribution in [3.05, 3.63) is 58.6 Å². The summed E-state index contributed by atoms with van der Waals surface area (Å²) in [7, 11) is -2.55. The van der Waals surface area contributed by atoms with Crippen molar-refractivity contribution in [1.82, 2.24) is 4.72 Å². The van der Waals surface area contributed by atoms with Gasteiger partial charge in [-0.1, -0.05) is 43.0 Å². The van der Waals surface area contributed by atoms with Gasteiger partial charge in [-0.15, -0.1) is 0 Å². The second-order valence-corrected chi connectivity index (χ2v) is 9.88. The predicted molar refractivity (Wildman–Crippen MR) is 124 cm³/mol. The van der Waals surface area contributed by atoms with Crippen LogP contribution in [0.4, 0.5) is 0 Å². The van der Waals surface area contributed by atoms with E-state index in [1.165, 1.54) is 25.3 Å². The van der Waals surface area contributed by atoms with E-state index in [9.17, 15) is 18.6 Å². The van der Waals surface area contributed by atoms with Gasteiger partial charge < -0.3 is 19.9 Å². The number of nitrogens with one attached hydrogen (secondary N) is 1. The molecule has 1 fully saturated rings. The molecule has 1 saturated carbocycles. The smallest absolute Gasteiger partial charge is 0.858 e. The van der Waals surface area contributed by atoms with E-state index < -0.39 is 21.9 Å². The van der Waals surface area contributed by atoms with Crippen LogP contribution in [-0.2, 0) is 16.4 Å². The van der Waals surface area contributed by atoms with Gasteiger partial charge in [0, 0.05) is 17.1 Å². The number of halogens is 1. The summed E-state index contributed by atoms with van der Waals surface area (Å²) in [5.41, 5.74) is 1.07. The van der Waals surface area contributed by atoms with Crippen molar-refractivity contribution in [2.75, 3.05) is 13.7 Å². The van der Waals surface area contributed by atoms with Gasteiger partial charge in [-0.05, 0) is 61.1 Å². The molecule has 0 radical (unpaired) electrons. The molecule has 0 aliphatic heterocycles. The third-order valence-corrected chi connectivity index (χ3v) is 6.95. The molecule has 35 heavy (non-hydrogen) atoms. The van der Waals surface area contributed by atoms with Crippen molar-refractivity contribution in [2.24, 2.45) is 9.98 Å². The summed E-state index contributed by atoms with van der Waals surface area (Å²) in [6, 6.07) is 9.84. The van der Waals surface area contributed by atoms with Crippen LogP contribution in [0.3, 0.4) is 0 Å². The largest absolute Gasteiger partial charge is 1.00 e. The van der Waals surface area contributed by atoms with Gasteiger partial charge in [-0.2, -0.15) is 0 Å². The van der Waals surface area contributed by atoms with Gasteiger partial charge >= 0.3 is 103 Å². The van der Waals surface area contributed by atoms with Gasteiger partial charge in [0.15, 0.2) is 0 Å². The number of rotatable bonds is 8. The van der Waals surface area contributed by atoms with Crippen molar-refractivity contribution < 1.29 is 126 Å². The molecule has 3 rings (SSSR count). The van der Waals surface area contributed by atoms with Crippen LogP contribution >= 0.6 is 11.6 Å². The second kappa shape index (κ2) is 16.5. The van der Waals surface area contributed by atoms with Crippen molar-refractivity contribution in [3.63, 3.8) is 0 Å². The van der Waals surface area contributed by atoms with Crippen LogP contribution in [0.5, 0.6) is 5.75 Å². The van der Waals surface area contributed by atoms with Gasteiger partial charge in [0.25, 0.3) is 10.0 Å². The van der Waals surface area contributed by atoms with Crippen LogP contribution < -0.4 is 122 Å². The topological polar surface area (TPSA) is 126 Å². The number of benzene rings is 2. The Morgan fingerprint density at radius 3 is 2.37 bits per heavy atom. The molecule has 0 amide bonds. The molecule has 1 aliphatic carbocycles. The third kappa shape index (κ3) is 10.6.